The van der Waals surface area contributed by atoms with E-state index >= 15 is 0 Å². The Labute approximate surface area is 128 Å². The second-order valence-corrected chi connectivity index (χ2v) is 6.31. The fraction of sp³-hybridized carbons (Fsp3) is 0.632. The topological polar surface area (TPSA) is 29.6 Å². The van der Waals surface area contributed by atoms with Crippen LogP contribution in [0.5, 0.6) is 0 Å². The molecule has 0 saturated carbocycles. The van der Waals surface area contributed by atoms with Gasteiger partial charge in [-0.3, -0.25) is 0 Å². The number of hydrogen-bond donors (Lipinski definition) is 0. The van der Waals surface area contributed by atoms with Gasteiger partial charge in [0.15, 0.2) is 6.29 Å². The summed E-state index contributed by atoms with van der Waals surface area (Å²) in [7, 11) is 0. The van der Waals surface area contributed by atoms with Crippen molar-refractivity contribution in [3.05, 3.63) is 35.4 Å². The summed E-state index contributed by atoms with van der Waals surface area (Å²) in [5, 5.41) is 0. The van der Waals surface area contributed by atoms with E-state index in [9.17, 15) is 4.79 Å². The summed E-state index contributed by atoms with van der Waals surface area (Å²) in [6.07, 6.45) is 12.0. The number of unbranched alkanes of at least 4 members (excludes halogenated alkanes) is 5. The van der Waals surface area contributed by atoms with E-state index in [0.29, 0.717) is 6.61 Å². The number of ether oxygens (including phenoxy) is 1. The van der Waals surface area contributed by atoms with Gasteiger partial charge < -0.3 is 9.53 Å². The normalized spacial score (nSPS) is 20.4. The van der Waals surface area contributed by atoms with Crippen molar-refractivity contribution in [1.29, 1.82) is 0 Å². The molecule has 1 heterocycles. The number of aryl methyl sites for hydroxylation is 2. The molecule has 0 spiro atoms. The van der Waals surface area contributed by atoms with E-state index in [2.05, 4.69) is 31.2 Å². The first-order chi connectivity index (χ1) is 10.3. The third-order valence-electron chi connectivity index (χ3n) is 4.41. The number of carbonyl (C=O) groups excluding carboxylic acids is 1. The lowest BCUT2D eigenvalue weighted by molar-refractivity contribution is -0.112. The minimum absolute atomic E-state index is 0.447. The van der Waals surface area contributed by atoms with Gasteiger partial charge in [-0.05, 0) is 36.8 Å². The van der Waals surface area contributed by atoms with Crippen molar-refractivity contribution >= 4 is 6.29 Å². The Morgan fingerprint density at radius 3 is 2.14 bits per heavy atom. The molecule has 2 nitrogen and oxygen atoms in total. The van der Waals surface area contributed by atoms with Crippen molar-refractivity contribution < 1.29 is 9.53 Å². The zero-order valence-corrected chi connectivity index (χ0v) is 13.3. The van der Waals surface area contributed by atoms with Crippen LogP contribution in [0.15, 0.2) is 24.3 Å². The second kappa shape index (κ2) is 8.33. The Kier molecular flexibility index (Phi) is 6.44. The highest BCUT2D eigenvalue weighted by molar-refractivity contribution is 5.66. The fourth-order valence-corrected chi connectivity index (χ4v) is 2.70. The summed E-state index contributed by atoms with van der Waals surface area (Å²) in [6, 6.07) is 8.88. The van der Waals surface area contributed by atoms with E-state index in [1.807, 2.05) is 0 Å². The van der Waals surface area contributed by atoms with E-state index < -0.39 is 5.60 Å². The molecule has 2 heteroatoms. The summed E-state index contributed by atoms with van der Waals surface area (Å²) >= 11 is 0. The highest BCUT2D eigenvalue weighted by Crippen LogP contribution is 2.29. The Hall–Kier alpha value is -1.15. The zero-order valence-electron chi connectivity index (χ0n) is 13.3. The molecule has 0 unspecified atom stereocenters. The van der Waals surface area contributed by atoms with Crippen LogP contribution in [0.25, 0.3) is 0 Å². The van der Waals surface area contributed by atoms with E-state index in [4.69, 9.17) is 4.74 Å². The third-order valence-corrected chi connectivity index (χ3v) is 4.41. The van der Waals surface area contributed by atoms with Crippen molar-refractivity contribution in [2.45, 2.75) is 70.3 Å². The maximum absolute atomic E-state index is 10.9. The fourth-order valence-electron chi connectivity index (χ4n) is 2.70. The summed E-state index contributed by atoms with van der Waals surface area (Å²) in [5.74, 6) is 0. The summed E-state index contributed by atoms with van der Waals surface area (Å²) < 4.78 is 5.22. The van der Waals surface area contributed by atoms with Crippen LogP contribution in [0, 0.1) is 0 Å². The Morgan fingerprint density at radius 1 is 1.00 bits per heavy atom. The summed E-state index contributed by atoms with van der Waals surface area (Å²) in [6.45, 7) is 2.86. The van der Waals surface area contributed by atoms with Gasteiger partial charge in [0.1, 0.15) is 5.60 Å². The first kappa shape index (κ1) is 16.2. The first-order valence-electron chi connectivity index (χ1n) is 8.46. The lowest BCUT2D eigenvalue weighted by Crippen LogP contribution is -2.13. The van der Waals surface area contributed by atoms with Gasteiger partial charge in [-0.15, -0.1) is 0 Å². The molecule has 0 amide bonds. The number of hydrogen-bond acceptors (Lipinski definition) is 2. The largest absolute Gasteiger partial charge is 0.362 e. The predicted octanol–water partition coefficient (Wildman–Crippen LogP) is 4.49. The van der Waals surface area contributed by atoms with E-state index in [1.54, 1.807) is 0 Å². The van der Waals surface area contributed by atoms with Crippen LogP contribution in [-0.2, 0) is 22.4 Å². The number of carbonyl (C=O) groups is 1. The Morgan fingerprint density at radius 2 is 1.57 bits per heavy atom. The van der Waals surface area contributed by atoms with Crippen LogP contribution < -0.4 is 0 Å². The molecule has 116 valence electrons. The van der Waals surface area contributed by atoms with E-state index in [0.717, 1.165) is 19.1 Å². The van der Waals surface area contributed by atoms with Crippen molar-refractivity contribution in [3.8, 4) is 0 Å². The molecule has 0 aliphatic carbocycles. The standard InChI is InChI=1S/C19H28O2/c1-2-3-4-5-6-7-8-17-9-11-18(12-10-17)13-14-19(15-20)16-21-19/h9-12,15H,2-8,13-14,16H2,1H3/t19-/m1/s1. The van der Waals surface area contributed by atoms with Crippen LogP contribution in [0.3, 0.4) is 0 Å². The monoisotopic (exact) mass is 288 g/mol. The summed E-state index contributed by atoms with van der Waals surface area (Å²) in [5.41, 5.74) is 2.29. The minimum atomic E-state index is -0.447. The van der Waals surface area contributed by atoms with Gasteiger partial charge in [0, 0.05) is 0 Å². The zero-order chi connectivity index (χ0) is 15.0. The van der Waals surface area contributed by atoms with Gasteiger partial charge >= 0.3 is 0 Å². The third kappa shape index (κ3) is 5.62. The van der Waals surface area contributed by atoms with Gasteiger partial charge in [0.25, 0.3) is 0 Å². The second-order valence-electron chi connectivity index (χ2n) is 6.31. The van der Waals surface area contributed by atoms with Crippen molar-refractivity contribution in [1.82, 2.24) is 0 Å². The van der Waals surface area contributed by atoms with Crippen LogP contribution in [-0.4, -0.2) is 18.5 Å². The smallest absolute Gasteiger partial charge is 0.154 e. The van der Waals surface area contributed by atoms with Gasteiger partial charge in [-0.2, -0.15) is 0 Å². The molecule has 0 radical (unpaired) electrons. The molecule has 1 atom stereocenters. The Bertz CT molecular complexity index is 418. The maximum atomic E-state index is 10.9. The van der Waals surface area contributed by atoms with Crippen LogP contribution >= 0.6 is 0 Å². The highest BCUT2D eigenvalue weighted by Gasteiger charge is 2.43. The molecular formula is C19H28O2. The molecule has 1 saturated heterocycles. The van der Waals surface area contributed by atoms with Crippen molar-refractivity contribution in [3.63, 3.8) is 0 Å². The van der Waals surface area contributed by atoms with Crippen LogP contribution in [0.2, 0.25) is 0 Å². The molecule has 1 aliphatic rings. The molecule has 1 aromatic rings. The van der Waals surface area contributed by atoms with Crippen LogP contribution in [0.4, 0.5) is 0 Å². The lowest BCUT2D eigenvalue weighted by atomic mass is 9.99. The quantitative estimate of drug-likeness (QED) is 0.341. The average Bonchev–Trinajstić information content (AvgIpc) is 3.30. The van der Waals surface area contributed by atoms with Gasteiger partial charge in [-0.25, -0.2) is 0 Å². The molecule has 1 fully saturated rings. The first-order valence-corrected chi connectivity index (χ1v) is 8.46. The van der Waals surface area contributed by atoms with Crippen LogP contribution in [0.1, 0.15) is 63.0 Å². The van der Waals surface area contributed by atoms with Crippen molar-refractivity contribution in [2.75, 3.05) is 6.61 Å². The van der Waals surface area contributed by atoms with Gasteiger partial charge in [-0.1, -0.05) is 63.3 Å². The molecule has 1 aliphatic heterocycles. The Balaban J connectivity index is 1.63. The van der Waals surface area contributed by atoms with E-state index in [-0.39, 0.29) is 0 Å². The predicted molar refractivity (Wildman–Crippen MR) is 86.6 cm³/mol. The molecule has 0 bridgehead atoms. The number of aldehydes is 1. The molecule has 0 N–H and O–H groups in total. The number of epoxide rings is 1. The molecule has 21 heavy (non-hydrogen) atoms. The minimum Gasteiger partial charge on any atom is -0.362 e. The maximum Gasteiger partial charge on any atom is 0.154 e. The number of benzene rings is 1. The average molecular weight is 288 g/mol. The molecule has 2 rings (SSSR count). The van der Waals surface area contributed by atoms with E-state index in [1.165, 1.54) is 56.1 Å². The summed E-state index contributed by atoms with van der Waals surface area (Å²) in [4.78, 5) is 10.9. The van der Waals surface area contributed by atoms with Gasteiger partial charge in [0.2, 0.25) is 0 Å². The highest BCUT2D eigenvalue weighted by atomic mass is 16.6. The molecular weight excluding hydrogens is 260 g/mol. The van der Waals surface area contributed by atoms with Crippen molar-refractivity contribution in [2.24, 2.45) is 0 Å². The number of rotatable bonds is 11. The van der Waals surface area contributed by atoms with Gasteiger partial charge in [0.05, 0.1) is 6.61 Å². The lowest BCUT2D eigenvalue weighted by Gasteiger charge is -2.06. The SMILES string of the molecule is CCCCCCCCc1ccc(CC[C@@]2(C=O)CO2)cc1. The molecule has 0 aromatic heterocycles. The molecule has 1 aromatic carbocycles.